The summed E-state index contributed by atoms with van der Waals surface area (Å²) in [7, 11) is 0. The highest BCUT2D eigenvalue weighted by Gasteiger charge is 2.24. The van der Waals surface area contributed by atoms with Crippen LogP contribution in [0.15, 0.2) is 17.8 Å². The van der Waals surface area contributed by atoms with Crippen LogP contribution >= 0.6 is 11.3 Å². The molecule has 0 aliphatic rings. The van der Waals surface area contributed by atoms with Gasteiger partial charge in [0.2, 0.25) is 0 Å². The van der Waals surface area contributed by atoms with Crippen LogP contribution in [0, 0.1) is 5.92 Å². The maximum Gasteiger partial charge on any atom is 0.193 e. The Morgan fingerprint density at radius 3 is 2.67 bits per heavy atom. The summed E-state index contributed by atoms with van der Waals surface area (Å²) in [5, 5.41) is 22.1. The first-order valence-electron chi connectivity index (χ1n) is 6.42. The van der Waals surface area contributed by atoms with Gasteiger partial charge in [0.1, 0.15) is 0 Å². The number of hydrogen-bond acceptors (Lipinski definition) is 4. The monoisotopic (exact) mass is 268 g/mol. The molecule has 100 valence electrons. The molecule has 0 bridgehead atoms. The van der Waals surface area contributed by atoms with E-state index in [0.717, 1.165) is 23.5 Å². The van der Waals surface area contributed by atoms with Crippen LogP contribution in [0.4, 0.5) is 0 Å². The Balaban J connectivity index is 2.02. The van der Waals surface area contributed by atoms with Crippen molar-refractivity contribution in [3.05, 3.63) is 23.5 Å². The smallest absolute Gasteiger partial charge is 0.193 e. The van der Waals surface area contributed by atoms with Crippen molar-refractivity contribution >= 4 is 16.3 Å². The molecule has 0 saturated heterocycles. The molecule has 4 nitrogen and oxygen atoms in total. The molecule has 2 rings (SSSR count). The summed E-state index contributed by atoms with van der Waals surface area (Å²) in [6, 6.07) is 0. The van der Waals surface area contributed by atoms with Gasteiger partial charge in [0.05, 0.1) is 17.9 Å². The lowest BCUT2D eigenvalue weighted by Crippen LogP contribution is -2.34. The fourth-order valence-electron chi connectivity index (χ4n) is 2.30. The molecule has 0 saturated carbocycles. The second-order valence-corrected chi connectivity index (χ2v) is 5.54. The number of rotatable bonds is 6. The van der Waals surface area contributed by atoms with Crippen molar-refractivity contribution in [1.29, 1.82) is 0 Å². The Labute approximate surface area is 111 Å². The van der Waals surface area contributed by atoms with E-state index < -0.39 is 12.2 Å². The largest absolute Gasteiger partial charge is 0.390 e. The minimum Gasteiger partial charge on any atom is -0.390 e. The zero-order chi connectivity index (χ0) is 13.1. The van der Waals surface area contributed by atoms with E-state index >= 15 is 0 Å². The summed E-state index contributed by atoms with van der Waals surface area (Å²) in [6.07, 6.45) is 4.63. The third kappa shape index (κ3) is 2.74. The third-order valence-electron chi connectivity index (χ3n) is 3.49. The van der Waals surface area contributed by atoms with Crippen molar-refractivity contribution in [1.82, 2.24) is 9.38 Å². The number of aromatic nitrogens is 2. The van der Waals surface area contributed by atoms with Crippen LogP contribution in [0.25, 0.3) is 4.96 Å². The number of fused-ring (bicyclic) bond motifs is 1. The molecule has 0 fully saturated rings. The molecule has 0 aromatic carbocycles. The van der Waals surface area contributed by atoms with Gasteiger partial charge < -0.3 is 10.2 Å². The first-order valence-corrected chi connectivity index (χ1v) is 7.30. The molecule has 2 atom stereocenters. The molecule has 0 spiro atoms. The highest BCUT2D eigenvalue weighted by molar-refractivity contribution is 7.15. The Bertz CT molecular complexity index is 461. The molecule has 5 heteroatoms. The van der Waals surface area contributed by atoms with E-state index in [4.69, 9.17) is 0 Å². The lowest BCUT2D eigenvalue weighted by molar-refractivity contribution is -0.0191. The van der Waals surface area contributed by atoms with E-state index in [1.807, 2.05) is 36.0 Å². The summed E-state index contributed by atoms with van der Waals surface area (Å²) in [5.41, 5.74) is 0.833. The molecular weight excluding hydrogens is 248 g/mol. The van der Waals surface area contributed by atoms with Gasteiger partial charge >= 0.3 is 0 Å². The number of aliphatic hydroxyl groups excluding tert-OH is 2. The lowest BCUT2D eigenvalue weighted by atomic mass is 9.91. The number of thiazole rings is 1. The number of aliphatic hydroxyl groups is 2. The molecule has 2 unspecified atom stereocenters. The molecule has 0 aliphatic carbocycles. The van der Waals surface area contributed by atoms with Crippen LogP contribution in [-0.2, 0) is 6.42 Å². The summed E-state index contributed by atoms with van der Waals surface area (Å²) in [5.74, 6) is 0.156. The third-order valence-corrected chi connectivity index (χ3v) is 4.26. The SMILES string of the molecule is CCC(CC)C(O)C(O)Cc1cn2ccsc2n1. The predicted molar refractivity (Wildman–Crippen MR) is 72.9 cm³/mol. The zero-order valence-corrected chi connectivity index (χ0v) is 11.6. The van der Waals surface area contributed by atoms with Crippen LogP contribution in [0.2, 0.25) is 0 Å². The van der Waals surface area contributed by atoms with E-state index in [-0.39, 0.29) is 5.92 Å². The molecule has 0 aliphatic heterocycles. The molecule has 2 N–H and O–H groups in total. The average molecular weight is 268 g/mol. The fourth-order valence-corrected chi connectivity index (χ4v) is 3.01. The topological polar surface area (TPSA) is 57.8 Å². The Kier molecular flexibility index (Phi) is 4.37. The maximum atomic E-state index is 10.1. The summed E-state index contributed by atoms with van der Waals surface area (Å²) in [6.45, 7) is 4.08. The molecule has 2 aromatic heterocycles. The van der Waals surface area contributed by atoms with Gasteiger partial charge in [0.15, 0.2) is 4.96 Å². The normalized spacial score (nSPS) is 15.4. The van der Waals surface area contributed by atoms with Crippen LogP contribution in [0.3, 0.4) is 0 Å². The standard InChI is InChI=1S/C13H20N2O2S/c1-3-9(4-2)12(17)11(16)7-10-8-15-5-6-18-13(15)14-10/h5-6,8-9,11-12,16-17H,3-4,7H2,1-2H3. The van der Waals surface area contributed by atoms with Gasteiger partial charge in [0.25, 0.3) is 0 Å². The minimum absolute atomic E-state index is 0.156. The molecule has 18 heavy (non-hydrogen) atoms. The highest BCUT2D eigenvalue weighted by Crippen LogP contribution is 2.19. The first kappa shape index (κ1) is 13.5. The maximum absolute atomic E-state index is 10.1. The average Bonchev–Trinajstić information content (AvgIpc) is 2.90. The second-order valence-electron chi connectivity index (χ2n) is 4.66. The number of nitrogens with zero attached hydrogens (tertiary/aromatic N) is 2. The Morgan fingerprint density at radius 2 is 2.06 bits per heavy atom. The van der Waals surface area contributed by atoms with Crippen LogP contribution in [-0.4, -0.2) is 31.8 Å². The summed E-state index contributed by atoms with van der Waals surface area (Å²) < 4.78 is 1.94. The molecular formula is C13H20N2O2S. The molecule has 0 radical (unpaired) electrons. The van der Waals surface area contributed by atoms with Gasteiger partial charge in [-0.3, -0.25) is 4.40 Å². The van der Waals surface area contributed by atoms with Gasteiger partial charge in [-0.2, -0.15) is 0 Å². The number of hydrogen-bond donors (Lipinski definition) is 2. The predicted octanol–water partition coefficient (Wildman–Crippen LogP) is 2.10. The van der Waals surface area contributed by atoms with Crippen molar-refractivity contribution in [3.8, 4) is 0 Å². The summed E-state index contributed by atoms with van der Waals surface area (Å²) >= 11 is 1.57. The fraction of sp³-hybridized carbons (Fsp3) is 0.615. The van der Waals surface area contributed by atoms with E-state index in [9.17, 15) is 10.2 Å². The van der Waals surface area contributed by atoms with Crippen LogP contribution in [0.1, 0.15) is 32.4 Å². The number of imidazole rings is 1. The van der Waals surface area contributed by atoms with Gasteiger partial charge in [0, 0.05) is 24.2 Å². The highest BCUT2D eigenvalue weighted by atomic mass is 32.1. The van der Waals surface area contributed by atoms with Crippen molar-refractivity contribution in [2.75, 3.05) is 0 Å². The Morgan fingerprint density at radius 1 is 1.33 bits per heavy atom. The van der Waals surface area contributed by atoms with Gasteiger partial charge in [-0.25, -0.2) is 4.98 Å². The summed E-state index contributed by atoms with van der Waals surface area (Å²) in [4.78, 5) is 5.34. The lowest BCUT2D eigenvalue weighted by Gasteiger charge is -2.24. The van der Waals surface area contributed by atoms with Crippen molar-refractivity contribution in [2.45, 2.75) is 45.3 Å². The quantitative estimate of drug-likeness (QED) is 0.843. The minimum atomic E-state index is -0.737. The van der Waals surface area contributed by atoms with Gasteiger partial charge in [-0.05, 0) is 5.92 Å². The van der Waals surface area contributed by atoms with Gasteiger partial charge in [-0.1, -0.05) is 26.7 Å². The van der Waals surface area contributed by atoms with E-state index in [1.54, 1.807) is 11.3 Å². The molecule has 0 amide bonds. The Hall–Kier alpha value is -0.910. The zero-order valence-electron chi connectivity index (χ0n) is 10.8. The first-order chi connectivity index (χ1) is 8.65. The van der Waals surface area contributed by atoms with Crippen LogP contribution in [0.5, 0.6) is 0 Å². The second kappa shape index (κ2) is 5.82. The van der Waals surface area contributed by atoms with Gasteiger partial charge in [-0.15, -0.1) is 11.3 Å². The molecule has 2 aromatic rings. The van der Waals surface area contributed by atoms with E-state index in [1.165, 1.54) is 0 Å². The van der Waals surface area contributed by atoms with E-state index in [0.29, 0.717) is 6.42 Å². The van der Waals surface area contributed by atoms with Crippen molar-refractivity contribution in [3.63, 3.8) is 0 Å². The van der Waals surface area contributed by atoms with Crippen molar-refractivity contribution in [2.24, 2.45) is 5.92 Å². The van der Waals surface area contributed by atoms with Crippen molar-refractivity contribution < 1.29 is 10.2 Å². The van der Waals surface area contributed by atoms with E-state index in [2.05, 4.69) is 4.98 Å². The van der Waals surface area contributed by atoms with Crippen LogP contribution < -0.4 is 0 Å². The molecule has 2 heterocycles.